The predicted octanol–water partition coefficient (Wildman–Crippen LogP) is 4.38. The van der Waals surface area contributed by atoms with Crippen LogP contribution in [0.1, 0.15) is 16.2 Å². The van der Waals surface area contributed by atoms with Crippen LogP contribution in [0.3, 0.4) is 0 Å². The third kappa shape index (κ3) is 4.55. The monoisotopic (exact) mass is 399 g/mol. The van der Waals surface area contributed by atoms with Gasteiger partial charge in [0.15, 0.2) is 0 Å². The summed E-state index contributed by atoms with van der Waals surface area (Å²) >= 11 is 0. The highest BCUT2D eigenvalue weighted by atomic mass is 16.5. The molecule has 1 heterocycles. The Kier molecular flexibility index (Phi) is 5.85. The Morgan fingerprint density at radius 2 is 1.53 bits per heavy atom. The fourth-order valence-electron chi connectivity index (χ4n) is 3.03. The van der Waals surface area contributed by atoms with Crippen molar-refractivity contribution >= 4 is 5.91 Å². The molecule has 0 atom stereocenters. The van der Waals surface area contributed by atoms with Crippen molar-refractivity contribution in [2.45, 2.75) is 6.42 Å². The molecule has 3 aromatic carbocycles. The van der Waals surface area contributed by atoms with Gasteiger partial charge in [-0.15, -0.1) is 10.2 Å². The van der Waals surface area contributed by atoms with E-state index in [2.05, 4.69) is 15.5 Å². The number of aromatic nitrogens is 2. The van der Waals surface area contributed by atoms with Gasteiger partial charge in [0.05, 0.1) is 7.11 Å². The van der Waals surface area contributed by atoms with Crippen LogP contribution >= 0.6 is 0 Å². The van der Waals surface area contributed by atoms with Gasteiger partial charge in [0, 0.05) is 24.1 Å². The molecule has 150 valence electrons. The summed E-state index contributed by atoms with van der Waals surface area (Å²) in [5, 5.41) is 11.0. The van der Waals surface area contributed by atoms with Crippen LogP contribution in [-0.2, 0) is 6.42 Å². The van der Waals surface area contributed by atoms with Gasteiger partial charge < -0.3 is 14.5 Å². The maximum absolute atomic E-state index is 12.4. The molecule has 0 aliphatic rings. The van der Waals surface area contributed by atoms with E-state index in [0.29, 0.717) is 30.3 Å². The Morgan fingerprint density at radius 3 is 2.23 bits per heavy atom. The molecule has 4 aromatic rings. The predicted molar refractivity (Wildman–Crippen MR) is 114 cm³/mol. The van der Waals surface area contributed by atoms with E-state index in [4.69, 9.17) is 9.15 Å². The van der Waals surface area contributed by atoms with Crippen molar-refractivity contribution in [3.05, 3.63) is 90.3 Å². The normalized spacial score (nSPS) is 10.6. The standard InChI is InChI=1S/C24H21N3O3/c1-29-21-13-11-20(12-14-21)24-27-26-22(30-24)15-16-25-23(28)19-9-7-18(8-10-19)17-5-3-2-4-6-17/h2-14H,15-16H2,1H3,(H,25,28). The number of ether oxygens (including phenoxy) is 1. The molecule has 0 spiro atoms. The van der Waals surface area contributed by atoms with Crippen LogP contribution < -0.4 is 10.1 Å². The van der Waals surface area contributed by atoms with Crippen LogP contribution in [0, 0.1) is 0 Å². The summed E-state index contributed by atoms with van der Waals surface area (Å²) in [6.45, 7) is 0.406. The molecule has 0 radical (unpaired) electrons. The largest absolute Gasteiger partial charge is 0.497 e. The Labute approximate surface area is 174 Å². The molecular formula is C24H21N3O3. The highest BCUT2D eigenvalue weighted by molar-refractivity contribution is 5.94. The second-order valence-corrected chi connectivity index (χ2v) is 6.68. The van der Waals surface area contributed by atoms with Crippen molar-refractivity contribution in [3.8, 4) is 28.3 Å². The second-order valence-electron chi connectivity index (χ2n) is 6.68. The van der Waals surface area contributed by atoms with Crippen molar-refractivity contribution in [2.75, 3.05) is 13.7 Å². The van der Waals surface area contributed by atoms with Gasteiger partial charge in [0.25, 0.3) is 5.91 Å². The molecule has 0 bridgehead atoms. The van der Waals surface area contributed by atoms with E-state index in [1.165, 1.54) is 0 Å². The van der Waals surface area contributed by atoms with E-state index in [9.17, 15) is 4.79 Å². The first-order valence-corrected chi connectivity index (χ1v) is 9.63. The number of carbonyl (C=O) groups excluding carboxylic acids is 1. The van der Waals surface area contributed by atoms with Gasteiger partial charge >= 0.3 is 0 Å². The maximum atomic E-state index is 12.4. The number of methoxy groups -OCH3 is 1. The number of amides is 1. The first-order valence-electron chi connectivity index (χ1n) is 9.63. The van der Waals surface area contributed by atoms with Crippen LogP contribution in [-0.4, -0.2) is 29.8 Å². The number of hydrogen-bond donors (Lipinski definition) is 1. The fraction of sp³-hybridized carbons (Fsp3) is 0.125. The Balaban J connectivity index is 1.31. The topological polar surface area (TPSA) is 77.3 Å². The van der Waals surface area contributed by atoms with Crippen molar-refractivity contribution in [1.29, 1.82) is 0 Å². The zero-order chi connectivity index (χ0) is 20.8. The van der Waals surface area contributed by atoms with E-state index in [-0.39, 0.29) is 5.91 Å². The van der Waals surface area contributed by atoms with Crippen LogP contribution in [0.4, 0.5) is 0 Å². The molecule has 0 aliphatic carbocycles. The molecule has 0 aliphatic heterocycles. The highest BCUT2D eigenvalue weighted by Crippen LogP contribution is 2.21. The molecule has 0 fully saturated rings. The average Bonchev–Trinajstić information content (AvgIpc) is 3.29. The van der Waals surface area contributed by atoms with Gasteiger partial charge in [-0.05, 0) is 47.5 Å². The van der Waals surface area contributed by atoms with E-state index in [1.54, 1.807) is 7.11 Å². The van der Waals surface area contributed by atoms with Crippen molar-refractivity contribution in [3.63, 3.8) is 0 Å². The van der Waals surface area contributed by atoms with Crippen LogP contribution in [0.25, 0.3) is 22.6 Å². The first-order chi connectivity index (χ1) is 14.7. The summed E-state index contributed by atoms with van der Waals surface area (Å²) in [5.41, 5.74) is 3.62. The number of benzene rings is 3. The molecule has 1 N–H and O–H groups in total. The molecule has 0 saturated heterocycles. The zero-order valence-electron chi connectivity index (χ0n) is 16.5. The number of hydrogen-bond acceptors (Lipinski definition) is 5. The van der Waals surface area contributed by atoms with Gasteiger partial charge in [-0.3, -0.25) is 4.79 Å². The van der Waals surface area contributed by atoms with E-state index in [1.807, 2.05) is 78.9 Å². The molecule has 0 unspecified atom stereocenters. The SMILES string of the molecule is COc1ccc(-c2nnc(CCNC(=O)c3ccc(-c4ccccc4)cc3)o2)cc1. The van der Waals surface area contributed by atoms with Gasteiger partial charge in [0.2, 0.25) is 11.8 Å². The summed E-state index contributed by atoms with van der Waals surface area (Å²) in [6.07, 6.45) is 0.455. The Bertz CT molecular complexity index is 1100. The lowest BCUT2D eigenvalue weighted by atomic mass is 10.0. The number of rotatable bonds is 7. The minimum Gasteiger partial charge on any atom is -0.497 e. The minimum absolute atomic E-state index is 0.135. The third-order valence-corrected chi connectivity index (χ3v) is 4.68. The van der Waals surface area contributed by atoms with Crippen LogP contribution in [0.5, 0.6) is 5.75 Å². The fourth-order valence-corrected chi connectivity index (χ4v) is 3.03. The summed E-state index contributed by atoms with van der Waals surface area (Å²) < 4.78 is 10.8. The lowest BCUT2D eigenvalue weighted by Crippen LogP contribution is -2.25. The summed E-state index contributed by atoms with van der Waals surface area (Å²) in [4.78, 5) is 12.4. The quantitative estimate of drug-likeness (QED) is 0.499. The maximum Gasteiger partial charge on any atom is 0.251 e. The molecule has 1 amide bonds. The van der Waals surface area contributed by atoms with E-state index in [0.717, 1.165) is 22.4 Å². The smallest absolute Gasteiger partial charge is 0.251 e. The van der Waals surface area contributed by atoms with Crippen molar-refractivity contribution < 1.29 is 13.9 Å². The molecule has 1 aromatic heterocycles. The highest BCUT2D eigenvalue weighted by Gasteiger charge is 2.10. The van der Waals surface area contributed by atoms with Gasteiger partial charge in [-0.2, -0.15) is 0 Å². The summed E-state index contributed by atoms with van der Waals surface area (Å²) in [5.74, 6) is 1.54. The first kappa shape index (κ1) is 19.4. The molecule has 0 saturated carbocycles. The van der Waals surface area contributed by atoms with Crippen molar-refractivity contribution in [1.82, 2.24) is 15.5 Å². The molecular weight excluding hydrogens is 378 g/mol. The summed E-state index contributed by atoms with van der Waals surface area (Å²) in [7, 11) is 1.62. The lowest BCUT2D eigenvalue weighted by molar-refractivity contribution is 0.0953. The van der Waals surface area contributed by atoms with E-state index >= 15 is 0 Å². The third-order valence-electron chi connectivity index (χ3n) is 4.68. The summed E-state index contributed by atoms with van der Waals surface area (Å²) in [6, 6.07) is 25.0. The van der Waals surface area contributed by atoms with Gasteiger partial charge in [-0.1, -0.05) is 42.5 Å². The van der Waals surface area contributed by atoms with E-state index < -0.39 is 0 Å². The number of nitrogens with zero attached hydrogens (tertiary/aromatic N) is 2. The zero-order valence-corrected chi connectivity index (χ0v) is 16.5. The molecule has 6 heteroatoms. The number of carbonyl (C=O) groups is 1. The Morgan fingerprint density at radius 1 is 0.867 bits per heavy atom. The van der Waals surface area contributed by atoms with Crippen molar-refractivity contribution in [2.24, 2.45) is 0 Å². The van der Waals surface area contributed by atoms with Gasteiger partial charge in [-0.25, -0.2) is 0 Å². The van der Waals surface area contributed by atoms with Crippen LogP contribution in [0.15, 0.2) is 83.3 Å². The molecule has 30 heavy (non-hydrogen) atoms. The molecule has 6 nitrogen and oxygen atoms in total. The second kappa shape index (κ2) is 9.05. The number of nitrogens with one attached hydrogen (secondary N) is 1. The van der Waals surface area contributed by atoms with Crippen LogP contribution in [0.2, 0.25) is 0 Å². The lowest BCUT2D eigenvalue weighted by Gasteiger charge is -2.05. The average molecular weight is 399 g/mol. The van der Waals surface area contributed by atoms with Gasteiger partial charge in [0.1, 0.15) is 5.75 Å². The Hall–Kier alpha value is -3.93. The minimum atomic E-state index is -0.135. The molecule has 4 rings (SSSR count).